The van der Waals surface area contributed by atoms with Crippen molar-refractivity contribution in [3.8, 4) is 0 Å². The molecule has 20 heavy (non-hydrogen) atoms. The van der Waals surface area contributed by atoms with E-state index in [0.29, 0.717) is 24.0 Å². The van der Waals surface area contributed by atoms with Crippen molar-refractivity contribution in [2.75, 3.05) is 0 Å². The largest absolute Gasteiger partial charge is 0.545 e. The van der Waals surface area contributed by atoms with Crippen molar-refractivity contribution >= 4 is 11.9 Å². The van der Waals surface area contributed by atoms with Crippen LogP contribution in [0.3, 0.4) is 0 Å². The standard InChI is InChI=1S/C14H16O4.2H3N/c15-13(16)11-7-8-12(14(17)18)10-6-4-2-1-3-5-9(10)11;;/h7-8H,1-6H2,(H,15,16)(H,17,18);2*1H3. The lowest BCUT2D eigenvalue weighted by Gasteiger charge is -2.22. The molecule has 0 spiro atoms. The highest BCUT2D eigenvalue weighted by molar-refractivity contribution is 5.93. The summed E-state index contributed by atoms with van der Waals surface area (Å²) in [6.07, 6.45) is 5.04. The van der Waals surface area contributed by atoms with Crippen LogP contribution in [0, 0.1) is 0 Å². The van der Waals surface area contributed by atoms with Gasteiger partial charge in [0.2, 0.25) is 0 Å². The molecule has 0 atom stereocenters. The first-order chi connectivity index (χ1) is 8.61. The van der Waals surface area contributed by atoms with Gasteiger partial charge in [-0.05, 0) is 36.8 Å². The maximum Gasteiger partial charge on any atom is 0.0718 e. The summed E-state index contributed by atoms with van der Waals surface area (Å²) in [6.45, 7) is 0. The molecule has 0 radical (unpaired) electrons. The summed E-state index contributed by atoms with van der Waals surface area (Å²) in [4.78, 5) is 22.2. The Labute approximate surface area is 118 Å². The number of carboxylic acid groups (broad SMARTS) is 2. The number of hydrogen-bond acceptors (Lipinski definition) is 4. The molecular weight excluding hydrogens is 260 g/mol. The zero-order chi connectivity index (χ0) is 13.1. The van der Waals surface area contributed by atoms with Crippen LogP contribution in [0.4, 0.5) is 0 Å². The predicted octanol–water partition coefficient (Wildman–Crippen LogP) is 0.825. The fourth-order valence-corrected chi connectivity index (χ4v) is 2.60. The molecule has 8 N–H and O–H groups in total. The van der Waals surface area contributed by atoms with Gasteiger partial charge in [-0.1, -0.05) is 25.0 Å². The number of aromatic carboxylic acids is 2. The summed E-state index contributed by atoms with van der Waals surface area (Å²) in [5.74, 6) is -2.48. The summed E-state index contributed by atoms with van der Waals surface area (Å²) in [5, 5.41) is 22.2. The Hall–Kier alpha value is -1.92. The number of rotatable bonds is 2. The number of carboxylic acids is 2. The van der Waals surface area contributed by atoms with Gasteiger partial charge < -0.3 is 32.1 Å². The van der Waals surface area contributed by atoms with Gasteiger partial charge in [0.15, 0.2) is 0 Å². The summed E-state index contributed by atoms with van der Waals surface area (Å²) in [7, 11) is 0. The minimum Gasteiger partial charge on any atom is -0.545 e. The van der Waals surface area contributed by atoms with Crippen molar-refractivity contribution in [1.29, 1.82) is 0 Å². The van der Waals surface area contributed by atoms with E-state index in [2.05, 4.69) is 0 Å². The quantitative estimate of drug-likeness (QED) is 0.824. The van der Waals surface area contributed by atoms with Crippen LogP contribution in [-0.4, -0.2) is 11.9 Å². The van der Waals surface area contributed by atoms with E-state index in [0.717, 1.165) is 25.7 Å². The van der Waals surface area contributed by atoms with Gasteiger partial charge in [0.1, 0.15) is 0 Å². The number of carbonyl (C=O) groups is 2. The topological polar surface area (TPSA) is 153 Å². The Bertz CT molecular complexity index is 455. The maximum absolute atomic E-state index is 11.1. The lowest BCUT2D eigenvalue weighted by atomic mass is 9.87. The second kappa shape index (κ2) is 7.62. The van der Waals surface area contributed by atoms with Crippen LogP contribution >= 0.6 is 0 Å². The number of hydrogen-bond donors (Lipinski definition) is 2. The van der Waals surface area contributed by atoms with Gasteiger partial charge >= 0.3 is 0 Å². The van der Waals surface area contributed by atoms with E-state index in [1.807, 2.05) is 0 Å². The van der Waals surface area contributed by atoms with Crippen LogP contribution in [0.15, 0.2) is 12.1 Å². The Morgan fingerprint density at radius 3 is 1.40 bits per heavy atom. The van der Waals surface area contributed by atoms with Crippen molar-refractivity contribution in [2.45, 2.75) is 38.5 Å². The summed E-state index contributed by atoms with van der Waals surface area (Å²) in [6, 6.07) is 2.64. The molecular formula is C14H22N2O4. The van der Waals surface area contributed by atoms with Gasteiger partial charge in [-0.3, -0.25) is 0 Å². The van der Waals surface area contributed by atoms with Crippen molar-refractivity contribution < 1.29 is 19.8 Å². The Morgan fingerprint density at radius 1 is 0.750 bits per heavy atom. The van der Waals surface area contributed by atoms with E-state index >= 15 is 0 Å². The van der Waals surface area contributed by atoms with Crippen molar-refractivity contribution in [2.24, 2.45) is 0 Å². The normalized spacial score (nSPS) is 13.8. The number of fused-ring (bicyclic) bond motifs is 1. The summed E-state index contributed by atoms with van der Waals surface area (Å²) < 4.78 is 0. The lowest BCUT2D eigenvalue weighted by molar-refractivity contribution is -0.256. The summed E-state index contributed by atoms with van der Waals surface area (Å²) >= 11 is 0. The predicted molar refractivity (Wildman–Crippen MR) is 72.9 cm³/mol. The van der Waals surface area contributed by atoms with Crippen molar-refractivity contribution in [3.05, 3.63) is 34.4 Å². The SMILES string of the molecule is O=C([O-])c1ccc(C(=O)[O-])c2c1CCCCCC2.[NH4+].[NH4+]. The smallest absolute Gasteiger partial charge is 0.0718 e. The fraction of sp³-hybridized carbons (Fsp3) is 0.429. The molecule has 1 aromatic carbocycles. The molecule has 0 aromatic heterocycles. The zero-order valence-electron chi connectivity index (χ0n) is 12.0. The highest BCUT2D eigenvalue weighted by atomic mass is 16.4. The molecule has 0 fully saturated rings. The molecule has 112 valence electrons. The average molecular weight is 282 g/mol. The minimum atomic E-state index is -1.24. The Kier molecular flexibility index (Phi) is 6.89. The molecule has 2 rings (SSSR count). The van der Waals surface area contributed by atoms with Crippen LogP contribution in [0.2, 0.25) is 0 Å². The molecule has 0 saturated heterocycles. The first-order valence-corrected chi connectivity index (χ1v) is 6.18. The van der Waals surface area contributed by atoms with Crippen LogP contribution in [0.25, 0.3) is 0 Å². The number of quaternary nitrogens is 2. The van der Waals surface area contributed by atoms with E-state index in [4.69, 9.17) is 0 Å². The lowest BCUT2D eigenvalue weighted by Crippen LogP contribution is -2.28. The number of benzene rings is 1. The highest BCUT2D eigenvalue weighted by Gasteiger charge is 2.16. The van der Waals surface area contributed by atoms with Crippen LogP contribution in [-0.2, 0) is 12.8 Å². The maximum atomic E-state index is 11.1. The average Bonchev–Trinajstić information content (AvgIpc) is 2.27. The second-order valence-electron chi connectivity index (χ2n) is 4.61. The Morgan fingerprint density at radius 2 is 1.10 bits per heavy atom. The van der Waals surface area contributed by atoms with Gasteiger partial charge in [-0.25, -0.2) is 0 Å². The molecule has 1 aliphatic carbocycles. The van der Waals surface area contributed by atoms with Gasteiger partial charge in [0.25, 0.3) is 0 Å². The van der Waals surface area contributed by atoms with E-state index in [-0.39, 0.29) is 23.4 Å². The minimum absolute atomic E-state index is 0. The van der Waals surface area contributed by atoms with E-state index in [1.165, 1.54) is 12.1 Å². The molecule has 0 amide bonds. The molecule has 0 unspecified atom stereocenters. The first kappa shape index (κ1) is 18.1. The third-order valence-electron chi connectivity index (χ3n) is 3.47. The van der Waals surface area contributed by atoms with E-state index in [9.17, 15) is 19.8 Å². The zero-order valence-corrected chi connectivity index (χ0v) is 12.0. The second-order valence-corrected chi connectivity index (χ2v) is 4.61. The number of carbonyl (C=O) groups excluding carboxylic acids is 2. The van der Waals surface area contributed by atoms with Crippen molar-refractivity contribution in [3.63, 3.8) is 0 Å². The molecule has 1 aliphatic rings. The van der Waals surface area contributed by atoms with Gasteiger partial charge in [0.05, 0.1) is 11.9 Å². The molecule has 0 saturated carbocycles. The van der Waals surface area contributed by atoms with E-state index in [1.54, 1.807) is 0 Å². The third kappa shape index (κ3) is 3.55. The molecule has 0 heterocycles. The van der Waals surface area contributed by atoms with Crippen molar-refractivity contribution in [1.82, 2.24) is 12.3 Å². The van der Waals surface area contributed by atoms with Gasteiger partial charge in [-0.15, -0.1) is 0 Å². The summed E-state index contributed by atoms with van der Waals surface area (Å²) in [5.41, 5.74) is 1.49. The monoisotopic (exact) mass is 282 g/mol. The molecule has 6 nitrogen and oxygen atoms in total. The Balaban J connectivity index is 0.00000180. The van der Waals surface area contributed by atoms with E-state index < -0.39 is 11.9 Å². The highest BCUT2D eigenvalue weighted by Crippen LogP contribution is 2.26. The third-order valence-corrected chi connectivity index (χ3v) is 3.47. The molecule has 1 aromatic rings. The van der Waals surface area contributed by atoms with Crippen LogP contribution in [0.5, 0.6) is 0 Å². The molecule has 6 heteroatoms. The first-order valence-electron chi connectivity index (χ1n) is 6.18. The molecule has 0 aliphatic heterocycles. The molecule has 0 bridgehead atoms. The van der Waals surface area contributed by atoms with Gasteiger partial charge in [0, 0.05) is 11.1 Å². The fourth-order valence-electron chi connectivity index (χ4n) is 2.60. The van der Waals surface area contributed by atoms with Gasteiger partial charge in [-0.2, -0.15) is 0 Å². The van der Waals surface area contributed by atoms with Crippen LogP contribution < -0.4 is 22.5 Å². The van der Waals surface area contributed by atoms with Crippen LogP contribution in [0.1, 0.15) is 57.5 Å².